The Labute approximate surface area is 123 Å². The molecule has 1 saturated heterocycles. The van der Waals surface area contributed by atoms with Gasteiger partial charge in [0.05, 0.1) is 0 Å². The quantitative estimate of drug-likeness (QED) is 0.874. The Hall–Kier alpha value is -0.870. The third kappa shape index (κ3) is 4.62. The number of hydrogen-bond donors (Lipinski definition) is 2. The summed E-state index contributed by atoms with van der Waals surface area (Å²) in [6.45, 7) is 3.91. The number of halogens is 1. The van der Waals surface area contributed by atoms with E-state index < -0.39 is 0 Å². The summed E-state index contributed by atoms with van der Waals surface area (Å²) in [5.41, 5.74) is 2.43. The van der Waals surface area contributed by atoms with Gasteiger partial charge < -0.3 is 10.6 Å². The van der Waals surface area contributed by atoms with Crippen molar-refractivity contribution in [2.75, 3.05) is 13.1 Å². The van der Waals surface area contributed by atoms with Crippen LogP contribution < -0.4 is 10.6 Å². The fourth-order valence-corrected chi connectivity index (χ4v) is 2.62. The van der Waals surface area contributed by atoms with E-state index in [4.69, 9.17) is 0 Å². The first kappa shape index (κ1) is 14.5. The van der Waals surface area contributed by atoms with Crippen LogP contribution in [-0.2, 0) is 11.2 Å². The average molecular weight is 325 g/mol. The predicted octanol–water partition coefficient (Wildman–Crippen LogP) is 2.56. The van der Waals surface area contributed by atoms with Crippen LogP contribution in [-0.4, -0.2) is 25.0 Å². The van der Waals surface area contributed by atoms with Crippen molar-refractivity contribution in [1.82, 2.24) is 10.6 Å². The van der Waals surface area contributed by atoms with Crippen LogP contribution in [0.25, 0.3) is 0 Å². The second-order valence-electron chi connectivity index (χ2n) is 5.18. The third-order valence-electron chi connectivity index (χ3n) is 3.57. The minimum atomic E-state index is 0.147. The molecule has 1 heterocycles. The van der Waals surface area contributed by atoms with Gasteiger partial charge >= 0.3 is 0 Å². The summed E-state index contributed by atoms with van der Waals surface area (Å²) in [7, 11) is 0. The lowest BCUT2D eigenvalue weighted by Crippen LogP contribution is -2.37. The second-order valence-corrected chi connectivity index (χ2v) is 6.04. The Bertz CT molecular complexity index is 442. The molecule has 104 valence electrons. The summed E-state index contributed by atoms with van der Waals surface area (Å²) in [5, 5.41) is 6.39. The van der Waals surface area contributed by atoms with Gasteiger partial charge in [-0.15, -0.1) is 0 Å². The first-order valence-electron chi connectivity index (χ1n) is 6.90. The first-order valence-corrected chi connectivity index (χ1v) is 7.69. The van der Waals surface area contributed by atoms with Crippen molar-refractivity contribution in [2.45, 2.75) is 38.6 Å². The molecule has 1 aliphatic rings. The SMILES string of the molecule is Cc1cc(CCC(=O)NC[C@@H]2CCCN2)ccc1Br. The molecule has 2 N–H and O–H groups in total. The third-order valence-corrected chi connectivity index (χ3v) is 4.46. The molecule has 1 aliphatic heterocycles. The van der Waals surface area contributed by atoms with Crippen molar-refractivity contribution in [1.29, 1.82) is 0 Å². The van der Waals surface area contributed by atoms with Gasteiger partial charge in [-0.2, -0.15) is 0 Å². The molecule has 2 rings (SSSR count). The molecule has 0 spiro atoms. The monoisotopic (exact) mass is 324 g/mol. The van der Waals surface area contributed by atoms with E-state index in [1.807, 2.05) is 6.07 Å². The topological polar surface area (TPSA) is 41.1 Å². The van der Waals surface area contributed by atoms with E-state index in [1.165, 1.54) is 24.0 Å². The molecule has 19 heavy (non-hydrogen) atoms. The van der Waals surface area contributed by atoms with E-state index in [2.05, 4.69) is 45.6 Å². The Kier molecular flexibility index (Phi) is 5.40. The molecule has 0 bridgehead atoms. The zero-order valence-electron chi connectivity index (χ0n) is 11.3. The van der Waals surface area contributed by atoms with Gasteiger partial charge in [-0.05, 0) is 49.9 Å². The molecule has 1 atom stereocenters. The number of rotatable bonds is 5. The highest BCUT2D eigenvalue weighted by Crippen LogP contribution is 2.17. The van der Waals surface area contributed by atoms with Gasteiger partial charge in [0.2, 0.25) is 5.91 Å². The van der Waals surface area contributed by atoms with Gasteiger partial charge in [0.1, 0.15) is 0 Å². The Morgan fingerprint density at radius 2 is 2.37 bits per heavy atom. The molecular weight excluding hydrogens is 304 g/mol. The molecule has 4 heteroatoms. The molecule has 0 aromatic heterocycles. The van der Waals surface area contributed by atoms with Crippen LogP contribution in [0.15, 0.2) is 22.7 Å². The van der Waals surface area contributed by atoms with Gasteiger partial charge in [0.25, 0.3) is 0 Å². The van der Waals surface area contributed by atoms with Crippen molar-refractivity contribution in [2.24, 2.45) is 0 Å². The van der Waals surface area contributed by atoms with Crippen molar-refractivity contribution in [3.8, 4) is 0 Å². The Morgan fingerprint density at radius 1 is 1.53 bits per heavy atom. The van der Waals surface area contributed by atoms with Gasteiger partial charge in [-0.1, -0.05) is 28.1 Å². The summed E-state index contributed by atoms with van der Waals surface area (Å²) in [4.78, 5) is 11.8. The minimum absolute atomic E-state index is 0.147. The number of amides is 1. The van der Waals surface area contributed by atoms with Crippen molar-refractivity contribution < 1.29 is 4.79 Å². The Morgan fingerprint density at radius 3 is 3.05 bits per heavy atom. The standard InChI is InChI=1S/C15H21BrN2O/c1-11-9-12(4-6-14(11)16)5-7-15(19)18-10-13-3-2-8-17-13/h4,6,9,13,17H,2-3,5,7-8,10H2,1H3,(H,18,19)/t13-/m0/s1. The fraction of sp³-hybridized carbons (Fsp3) is 0.533. The number of benzene rings is 1. The van der Waals surface area contributed by atoms with Crippen LogP contribution in [0.5, 0.6) is 0 Å². The van der Waals surface area contributed by atoms with Crippen LogP contribution in [0.2, 0.25) is 0 Å². The maximum absolute atomic E-state index is 11.8. The lowest BCUT2D eigenvalue weighted by atomic mass is 10.1. The normalized spacial score (nSPS) is 18.5. The van der Waals surface area contributed by atoms with Crippen LogP contribution in [0, 0.1) is 6.92 Å². The Balaban J connectivity index is 1.71. The van der Waals surface area contributed by atoms with E-state index in [0.717, 1.165) is 24.0 Å². The summed E-state index contributed by atoms with van der Waals surface area (Å²) in [6, 6.07) is 6.72. The number of hydrogen-bond acceptors (Lipinski definition) is 2. The van der Waals surface area contributed by atoms with Gasteiger partial charge in [0, 0.05) is 23.5 Å². The molecule has 1 aromatic rings. The van der Waals surface area contributed by atoms with Gasteiger partial charge in [-0.25, -0.2) is 0 Å². The molecule has 1 amide bonds. The number of carbonyl (C=O) groups is 1. The van der Waals surface area contributed by atoms with Crippen molar-refractivity contribution in [3.63, 3.8) is 0 Å². The van der Waals surface area contributed by atoms with E-state index in [-0.39, 0.29) is 5.91 Å². The highest BCUT2D eigenvalue weighted by atomic mass is 79.9. The number of nitrogens with one attached hydrogen (secondary N) is 2. The highest BCUT2D eigenvalue weighted by Gasteiger charge is 2.14. The van der Waals surface area contributed by atoms with E-state index >= 15 is 0 Å². The number of carbonyl (C=O) groups excluding carboxylic acids is 1. The molecular formula is C15H21BrN2O. The first-order chi connectivity index (χ1) is 9.15. The highest BCUT2D eigenvalue weighted by molar-refractivity contribution is 9.10. The minimum Gasteiger partial charge on any atom is -0.355 e. The number of aryl methyl sites for hydroxylation is 2. The lowest BCUT2D eigenvalue weighted by molar-refractivity contribution is -0.121. The molecule has 1 aromatic carbocycles. The zero-order chi connectivity index (χ0) is 13.7. The van der Waals surface area contributed by atoms with Crippen LogP contribution in [0.4, 0.5) is 0 Å². The van der Waals surface area contributed by atoms with Crippen LogP contribution in [0.1, 0.15) is 30.4 Å². The van der Waals surface area contributed by atoms with Crippen molar-refractivity contribution in [3.05, 3.63) is 33.8 Å². The van der Waals surface area contributed by atoms with E-state index in [9.17, 15) is 4.79 Å². The predicted molar refractivity (Wildman–Crippen MR) is 81.2 cm³/mol. The summed E-state index contributed by atoms with van der Waals surface area (Å²) in [6.07, 6.45) is 3.76. The fourth-order valence-electron chi connectivity index (χ4n) is 2.38. The van der Waals surface area contributed by atoms with Crippen molar-refractivity contribution >= 4 is 21.8 Å². The van der Waals surface area contributed by atoms with Gasteiger partial charge in [-0.3, -0.25) is 4.79 Å². The van der Waals surface area contributed by atoms with E-state index in [1.54, 1.807) is 0 Å². The molecule has 3 nitrogen and oxygen atoms in total. The van der Waals surface area contributed by atoms with Crippen LogP contribution in [0.3, 0.4) is 0 Å². The average Bonchev–Trinajstić information content (AvgIpc) is 2.91. The molecule has 0 radical (unpaired) electrons. The maximum Gasteiger partial charge on any atom is 0.220 e. The zero-order valence-corrected chi connectivity index (χ0v) is 12.9. The summed E-state index contributed by atoms with van der Waals surface area (Å²) >= 11 is 3.49. The second kappa shape index (κ2) is 7.06. The molecule has 0 unspecified atom stereocenters. The molecule has 0 saturated carbocycles. The summed E-state index contributed by atoms with van der Waals surface area (Å²) < 4.78 is 1.12. The molecule has 0 aliphatic carbocycles. The largest absolute Gasteiger partial charge is 0.355 e. The maximum atomic E-state index is 11.8. The lowest BCUT2D eigenvalue weighted by Gasteiger charge is -2.11. The van der Waals surface area contributed by atoms with Gasteiger partial charge in [0.15, 0.2) is 0 Å². The van der Waals surface area contributed by atoms with Crippen LogP contribution >= 0.6 is 15.9 Å². The van der Waals surface area contributed by atoms with E-state index in [0.29, 0.717) is 12.5 Å². The smallest absolute Gasteiger partial charge is 0.220 e. The summed E-state index contributed by atoms with van der Waals surface area (Å²) in [5.74, 6) is 0.147. The molecule has 1 fully saturated rings.